The number of carbonyl (C=O) groups is 4. The predicted octanol–water partition coefficient (Wildman–Crippen LogP) is 4.01. The number of allylic oxidation sites excluding steroid dienone is 1. The quantitative estimate of drug-likeness (QED) is 0.242. The molecule has 38 heavy (non-hydrogen) atoms. The molecule has 0 saturated carbocycles. The second kappa shape index (κ2) is 15.4. The minimum Gasteiger partial charge on any atom is -0.456 e. The van der Waals surface area contributed by atoms with Gasteiger partial charge in [-0.3, -0.25) is 24.2 Å². The van der Waals surface area contributed by atoms with Gasteiger partial charge in [-0.1, -0.05) is 50.4 Å². The van der Waals surface area contributed by atoms with Gasteiger partial charge in [0.2, 0.25) is 11.8 Å². The maximum absolute atomic E-state index is 12.8. The van der Waals surface area contributed by atoms with Gasteiger partial charge in [-0.25, -0.2) is 4.98 Å². The lowest BCUT2D eigenvalue weighted by molar-refractivity contribution is -0.148. The molecule has 2 aliphatic heterocycles. The fourth-order valence-electron chi connectivity index (χ4n) is 3.80. The van der Waals surface area contributed by atoms with Crippen LogP contribution in [-0.4, -0.2) is 62.6 Å². The number of ether oxygens (including phenoxy) is 1. The maximum atomic E-state index is 12.8. The van der Waals surface area contributed by atoms with Crippen LogP contribution in [0, 0.1) is 0 Å². The number of carbonyl (C=O) groups excluding carboxylic acids is 4. The van der Waals surface area contributed by atoms with E-state index < -0.39 is 17.6 Å². The molecule has 0 aliphatic carbocycles. The van der Waals surface area contributed by atoms with Crippen molar-refractivity contribution in [3.63, 3.8) is 0 Å². The SMILES string of the molecule is CCCCCCCC(=O)SCC/C=C/C1CC(=O)NCc2nc(cs2)C2=N[C@@](C)(CS2)C(=O)NCC(=O)O1. The smallest absolute Gasteiger partial charge is 0.326 e. The Bertz CT molecular complexity index is 1060. The zero-order chi connectivity index (χ0) is 27.4. The summed E-state index contributed by atoms with van der Waals surface area (Å²) >= 11 is 4.16. The van der Waals surface area contributed by atoms with Gasteiger partial charge in [0.05, 0.1) is 13.0 Å². The van der Waals surface area contributed by atoms with E-state index in [1.165, 1.54) is 54.1 Å². The first-order chi connectivity index (χ1) is 18.3. The molecule has 2 aliphatic rings. The Kier molecular flexibility index (Phi) is 12.3. The van der Waals surface area contributed by atoms with Gasteiger partial charge in [0.25, 0.3) is 0 Å². The molecule has 2 amide bonds. The highest BCUT2D eigenvalue weighted by Gasteiger charge is 2.39. The third-order valence-electron chi connectivity index (χ3n) is 5.98. The summed E-state index contributed by atoms with van der Waals surface area (Å²) in [6.07, 6.45) is 9.43. The van der Waals surface area contributed by atoms with Crippen molar-refractivity contribution >= 4 is 62.8 Å². The number of esters is 1. The van der Waals surface area contributed by atoms with Gasteiger partial charge in [0.1, 0.15) is 33.9 Å². The normalized spacial score (nSPS) is 22.6. The molecule has 2 N–H and O–H groups in total. The summed E-state index contributed by atoms with van der Waals surface area (Å²) in [5.74, 6) is -0.220. The van der Waals surface area contributed by atoms with Gasteiger partial charge in [0.15, 0.2) is 5.12 Å². The van der Waals surface area contributed by atoms with Crippen molar-refractivity contribution in [2.24, 2.45) is 4.99 Å². The van der Waals surface area contributed by atoms with Crippen LogP contribution in [0.5, 0.6) is 0 Å². The zero-order valence-corrected chi connectivity index (χ0v) is 24.4. The van der Waals surface area contributed by atoms with E-state index in [9.17, 15) is 19.2 Å². The van der Waals surface area contributed by atoms with E-state index in [1.54, 1.807) is 13.0 Å². The highest BCUT2D eigenvalue weighted by Crippen LogP contribution is 2.31. The number of cyclic esters (lactones) is 1. The van der Waals surface area contributed by atoms with Crippen molar-refractivity contribution in [3.8, 4) is 0 Å². The van der Waals surface area contributed by atoms with Crippen LogP contribution in [-0.2, 0) is 30.5 Å². The van der Waals surface area contributed by atoms with Gasteiger partial charge in [-0.05, 0) is 25.8 Å². The number of nitrogens with one attached hydrogen (secondary N) is 2. The largest absolute Gasteiger partial charge is 0.456 e. The predicted molar refractivity (Wildman–Crippen MR) is 153 cm³/mol. The highest BCUT2D eigenvalue weighted by atomic mass is 32.2. The zero-order valence-electron chi connectivity index (χ0n) is 22.0. The maximum Gasteiger partial charge on any atom is 0.326 e. The average Bonchev–Trinajstić information content (AvgIpc) is 3.52. The molecule has 9 nitrogen and oxygen atoms in total. The van der Waals surface area contributed by atoms with Gasteiger partial charge < -0.3 is 15.4 Å². The molecule has 0 radical (unpaired) electrons. The van der Waals surface area contributed by atoms with Gasteiger partial charge in [0, 0.05) is 23.3 Å². The van der Waals surface area contributed by atoms with Crippen LogP contribution in [0.1, 0.15) is 75.9 Å². The first-order valence-electron chi connectivity index (χ1n) is 13.0. The molecule has 0 fully saturated rings. The lowest BCUT2D eigenvalue weighted by atomic mass is 10.1. The van der Waals surface area contributed by atoms with E-state index in [2.05, 4.69) is 27.5 Å². The number of thiazole rings is 1. The summed E-state index contributed by atoms with van der Waals surface area (Å²) in [5.41, 5.74) is -0.319. The lowest BCUT2D eigenvalue weighted by Crippen LogP contribution is -2.46. The molecule has 1 aromatic heterocycles. The van der Waals surface area contributed by atoms with Gasteiger partial charge in [-0.15, -0.1) is 23.1 Å². The van der Waals surface area contributed by atoms with E-state index in [0.717, 1.165) is 17.8 Å². The molecule has 0 spiro atoms. The molecule has 1 aromatic rings. The second-order valence-electron chi connectivity index (χ2n) is 9.40. The fourth-order valence-corrected chi connectivity index (χ4v) is 6.50. The van der Waals surface area contributed by atoms with Crippen molar-refractivity contribution in [1.29, 1.82) is 0 Å². The Labute approximate surface area is 236 Å². The molecule has 3 heterocycles. The average molecular weight is 581 g/mol. The van der Waals surface area contributed by atoms with E-state index >= 15 is 0 Å². The fraction of sp³-hybridized carbons (Fsp3) is 0.615. The standard InChI is InChI=1S/C26H36N4O5S3/c1-3-4-5-6-7-11-23(33)36-12-9-8-10-18-13-20(31)27-14-21-29-19(16-37-21)24-30-26(2,17-38-24)25(34)28-15-22(32)35-18/h8,10,16,18H,3-7,9,11-15,17H2,1-2H3,(H,27,31)(H,28,34)/b10-8+/t18?,26-/m0/s1. The Morgan fingerprint density at radius 2 is 2.03 bits per heavy atom. The van der Waals surface area contributed by atoms with Crippen molar-refractivity contribution in [2.75, 3.05) is 18.1 Å². The third kappa shape index (κ3) is 9.85. The van der Waals surface area contributed by atoms with E-state index in [1.807, 2.05) is 11.5 Å². The number of rotatable bonds is 10. The monoisotopic (exact) mass is 580 g/mol. The lowest BCUT2D eigenvalue weighted by Gasteiger charge is -2.19. The van der Waals surface area contributed by atoms with Crippen LogP contribution in [0.25, 0.3) is 0 Å². The minimum atomic E-state index is -1.00. The Hall–Kier alpha value is -2.18. The van der Waals surface area contributed by atoms with Crippen LogP contribution in [0.15, 0.2) is 22.5 Å². The number of unbranched alkanes of at least 4 members (excludes halogenated alkanes) is 4. The van der Waals surface area contributed by atoms with Crippen molar-refractivity contribution in [1.82, 2.24) is 15.6 Å². The number of amides is 2. The van der Waals surface area contributed by atoms with Crippen LogP contribution in [0.2, 0.25) is 0 Å². The molecule has 0 saturated heterocycles. The van der Waals surface area contributed by atoms with Crippen molar-refractivity contribution in [2.45, 2.75) is 83.4 Å². The third-order valence-corrected chi connectivity index (χ3v) is 9.08. The highest BCUT2D eigenvalue weighted by molar-refractivity contribution is 8.14. The summed E-state index contributed by atoms with van der Waals surface area (Å²) in [6.45, 7) is 3.83. The number of nitrogens with zero attached hydrogens (tertiary/aromatic N) is 2. The number of thioether (sulfide) groups is 2. The Balaban J connectivity index is 1.54. The number of fused-ring (bicyclic) bond motifs is 4. The molecular weight excluding hydrogens is 545 g/mol. The molecule has 4 bridgehead atoms. The molecular formula is C26H36N4O5S3. The van der Waals surface area contributed by atoms with E-state index in [4.69, 9.17) is 4.74 Å². The second-order valence-corrected chi connectivity index (χ2v) is 12.5. The summed E-state index contributed by atoms with van der Waals surface area (Å²) in [6, 6.07) is 0. The molecule has 1 unspecified atom stereocenters. The Morgan fingerprint density at radius 3 is 2.84 bits per heavy atom. The van der Waals surface area contributed by atoms with E-state index in [0.29, 0.717) is 35.1 Å². The van der Waals surface area contributed by atoms with E-state index in [-0.39, 0.29) is 36.4 Å². The summed E-state index contributed by atoms with van der Waals surface area (Å²) in [4.78, 5) is 59.0. The first-order valence-corrected chi connectivity index (χ1v) is 15.9. The summed E-state index contributed by atoms with van der Waals surface area (Å²) < 4.78 is 5.49. The van der Waals surface area contributed by atoms with Crippen LogP contribution >= 0.6 is 34.9 Å². The number of aliphatic imine (C=N–C) groups is 1. The van der Waals surface area contributed by atoms with Crippen LogP contribution in [0.4, 0.5) is 0 Å². The summed E-state index contributed by atoms with van der Waals surface area (Å²) in [7, 11) is 0. The van der Waals surface area contributed by atoms with Crippen LogP contribution in [0.3, 0.4) is 0 Å². The van der Waals surface area contributed by atoms with Gasteiger partial charge in [-0.2, -0.15) is 0 Å². The minimum absolute atomic E-state index is 0.0570. The first kappa shape index (κ1) is 30.4. The molecule has 2 atom stereocenters. The molecule has 0 aromatic carbocycles. The van der Waals surface area contributed by atoms with Gasteiger partial charge >= 0.3 is 5.97 Å². The van der Waals surface area contributed by atoms with Crippen molar-refractivity contribution < 1.29 is 23.9 Å². The molecule has 208 valence electrons. The molecule has 3 rings (SSSR count). The molecule has 12 heteroatoms. The Morgan fingerprint density at radius 1 is 1.21 bits per heavy atom. The number of hydrogen-bond donors (Lipinski definition) is 2. The topological polar surface area (TPSA) is 127 Å². The number of aromatic nitrogens is 1. The summed E-state index contributed by atoms with van der Waals surface area (Å²) in [5, 5.41) is 8.89. The van der Waals surface area contributed by atoms with Crippen LogP contribution < -0.4 is 10.6 Å². The number of hydrogen-bond acceptors (Lipinski definition) is 10. The van der Waals surface area contributed by atoms with Crippen molar-refractivity contribution in [3.05, 3.63) is 28.2 Å².